The minimum absolute atomic E-state index is 0.394. The molecule has 132 valence electrons. The summed E-state index contributed by atoms with van der Waals surface area (Å²) >= 11 is 0. The first-order valence-electron chi connectivity index (χ1n) is 9.04. The number of hydrogen-bond donors (Lipinski definition) is 0. The smallest absolute Gasteiger partial charge is 0.305 e. The Morgan fingerprint density at radius 2 is 1.30 bits per heavy atom. The van der Waals surface area contributed by atoms with Gasteiger partial charge in [0.05, 0.1) is 18.5 Å². The molecule has 0 bridgehead atoms. The van der Waals surface area contributed by atoms with Crippen molar-refractivity contribution in [2.75, 3.05) is 13.2 Å². The Kier molecular flexibility index (Phi) is 9.12. The van der Waals surface area contributed by atoms with Crippen LogP contribution in [-0.4, -0.2) is 13.2 Å². The van der Waals surface area contributed by atoms with E-state index >= 15 is 0 Å². The lowest BCUT2D eigenvalue weighted by atomic mass is 9.99. The van der Waals surface area contributed by atoms with Gasteiger partial charge in [-0.3, -0.25) is 4.57 Å². The molecule has 1 rings (SSSR count). The Bertz CT molecular complexity index is 486. The van der Waals surface area contributed by atoms with Crippen LogP contribution in [0, 0.1) is 6.92 Å². The molecule has 0 aliphatic heterocycles. The van der Waals surface area contributed by atoms with Crippen molar-refractivity contribution in [1.82, 2.24) is 0 Å². The molecule has 0 unspecified atom stereocenters. The molecule has 0 saturated heterocycles. The molecule has 23 heavy (non-hydrogen) atoms. The molecular weight excluding hydrogens is 307 g/mol. The maximum atomic E-state index is 13.4. The second-order valence-electron chi connectivity index (χ2n) is 5.97. The molecule has 1 aromatic rings. The minimum atomic E-state index is -3.25. The second-order valence-corrected chi connectivity index (χ2v) is 7.93. The summed E-state index contributed by atoms with van der Waals surface area (Å²) in [4.78, 5) is 0. The maximum Gasteiger partial charge on any atom is 0.361 e. The van der Waals surface area contributed by atoms with Crippen molar-refractivity contribution in [3.63, 3.8) is 0 Å². The summed E-state index contributed by atoms with van der Waals surface area (Å²) < 4.78 is 24.8. The second kappa shape index (κ2) is 10.3. The lowest BCUT2D eigenvalue weighted by Gasteiger charge is -2.24. The fraction of sp³-hybridized carbons (Fsp3) is 0.684. The maximum absolute atomic E-state index is 13.4. The first-order valence-corrected chi connectivity index (χ1v) is 10.6. The van der Waals surface area contributed by atoms with Gasteiger partial charge in [-0.1, -0.05) is 44.4 Å². The fourth-order valence-electron chi connectivity index (χ4n) is 2.91. The van der Waals surface area contributed by atoms with Crippen molar-refractivity contribution in [3.8, 4) is 0 Å². The Morgan fingerprint density at radius 1 is 0.870 bits per heavy atom. The van der Waals surface area contributed by atoms with Gasteiger partial charge in [-0.05, 0) is 57.6 Å². The highest BCUT2D eigenvalue weighted by atomic mass is 31.2. The molecule has 4 heteroatoms. The van der Waals surface area contributed by atoms with E-state index in [4.69, 9.17) is 9.05 Å². The Hall–Kier alpha value is -0.630. The highest BCUT2D eigenvalue weighted by molar-refractivity contribution is 7.62. The van der Waals surface area contributed by atoms with Crippen LogP contribution >= 0.6 is 7.60 Å². The van der Waals surface area contributed by atoms with Crippen LogP contribution in [0.1, 0.15) is 70.1 Å². The van der Waals surface area contributed by atoms with Crippen LogP contribution in [0.5, 0.6) is 0 Å². The average Bonchev–Trinajstić information content (AvgIpc) is 2.50. The standard InChI is InChI=1S/C19H33O3P/c1-6-10-12-17-14-16(5)15-18(13-11-7-2)19(17)23(20,21-8-3)22-9-4/h14-15H,6-13H2,1-5H3. The van der Waals surface area contributed by atoms with E-state index < -0.39 is 7.60 Å². The number of rotatable bonds is 11. The third-order valence-electron chi connectivity index (χ3n) is 3.88. The summed E-state index contributed by atoms with van der Waals surface area (Å²) in [5.41, 5.74) is 3.51. The number of hydrogen-bond acceptors (Lipinski definition) is 3. The summed E-state index contributed by atoms with van der Waals surface area (Å²) in [5.74, 6) is 0. The van der Waals surface area contributed by atoms with Gasteiger partial charge in [-0.25, -0.2) is 0 Å². The van der Waals surface area contributed by atoms with E-state index in [1.54, 1.807) is 0 Å². The van der Waals surface area contributed by atoms with E-state index in [-0.39, 0.29) is 0 Å². The quantitative estimate of drug-likeness (QED) is 0.494. The van der Waals surface area contributed by atoms with Gasteiger partial charge >= 0.3 is 7.60 Å². The summed E-state index contributed by atoms with van der Waals surface area (Å²) in [5, 5.41) is 0.841. The lowest BCUT2D eigenvalue weighted by molar-refractivity contribution is 0.229. The van der Waals surface area contributed by atoms with Gasteiger partial charge in [0.1, 0.15) is 0 Å². The Morgan fingerprint density at radius 3 is 1.65 bits per heavy atom. The highest BCUT2D eigenvalue weighted by Gasteiger charge is 2.32. The van der Waals surface area contributed by atoms with E-state index in [2.05, 4.69) is 32.9 Å². The monoisotopic (exact) mass is 340 g/mol. The van der Waals surface area contributed by atoms with Crippen LogP contribution in [0.2, 0.25) is 0 Å². The fourth-order valence-corrected chi connectivity index (χ4v) is 4.98. The molecule has 3 nitrogen and oxygen atoms in total. The summed E-state index contributed by atoms with van der Waals surface area (Å²) in [6, 6.07) is 4.32. The van der Waals surface area contributed by atoms with Gasteiger partial charge in [0, 0.05) is 0 Å². The third kappa shape index (κ3) is 5.74. The molecule has 0 saturated carbocycles. The molecule has 0 heterocycles. The van der Waals surface area contributed by atoms with Crippen LogP contribution in [-0.2, 0) is 26.5 Å². The molecular formula is C19H33O3P. The molecule has 0 atom stereocenters. The van der Waals surface area contributed by atoms with Crippen molar-refractivity contribution in [2.24, 2.45) is 0 Å². The molecule has 0 aromatic heterocycles. The summed E-state index contributed by atoms with van der Waals surface area (Å²) in [6.07, 6.45) is 6.26. The molecule has 0 fully saturated rings. The molecule has 0 amide bonds. The van der Waals surface area contributed by atoms with Crippen molar-refractivity contribution in [3.05, 3.63) is 28.8 Å². The van der Waals surface area contributed by atoms with Crippen molar-refractivity contribution in [1.29, 1.82) is 0 Å². The molecule has 0 radical (unpaired) electrons. The predicted octanol–water partition coefficient (Wildman–Crippen LogP) is 5.57. The summed E-state index contributed by atoms with van der Waals surface area (Å²) in [6.45, 7) is 11.0. The first kappa shape index (κ1) is 20.4. The van der Waals surface area contributed by atoms with Crippen molar-refractivity contribution < 1.29 is 13.6 Å². The number of unbranched alkanes of at least 4 members (excludes halogenated alkanes) is 2. The lowest BCUT2D eigenvalue weighted by Crippen LogP contribution is -2.21. The Labute approximate surface area is 142 Å². The van der Waals surface area contributed by atoms with Gasteiger partial charge in [-0.2, -0.15) is 0 Å². The zero-order valence-corrected chi connectivity index (χ0v) is 16.4. The van der Waals surface area contributed by atoms with E-state index in [0.717, 1.165) is 55.0 Å². The first-order chi connectivity index (χ1) is 11.0. The van der Waals surface area contributed by atoms with Gasteiger partial charge in [0.25, 0.3) is 0 Å². The van der Waals surface area contributed by atoms with E-state index in [9.17, 15) is 4.57 Å². The molecule has 0 spiro atoms. The van der Waals surface area contributed by atoms with Crippen LogP contribution in [0.25, 0.3) is 0 Å². The van der Waals surface area contributed by atoms with E-state index in [1.165, 1.54) is 5.56 Å². The normalized spacial score (nSPS) is 11.9. The predicted molar refractivity (Wildman–Crippen MR) is 98.9 cm³/mol. The molecule has 0 N–H and O–H groups in total. The third-order valence-corrected chi connectivity index (χ3v) is 6.20. The van der Waals surface area contributed by atoms with E-state index in [0.29, 0.717) is 13.2 Å². The molecule has 0 aliphatic rings. The van der Waals surface area contributed by atoms with Crippen molar-refractivity contribution in [2.45, 2.75) is 73.1 Å². The largest absolute Gasteiger partial charge is 0.361 e. The van der Waals surface area contributed by atoms with Crippen LogP contribution < -0.4 is 5.30 Å². The molecule has 0 aliphatic carbocycles. The highest BCUT2D eigenvalue weighted by Crippen LogP contribution is 2.49. The van der Waals surface area contributed by atoms with Gasteiger partial charge < -0.3 is 9.05 Å². The van der Waals surface area contributed by atoms with Crippen LogP contribution in [0.15, 0.2) is 12.1 Å². The zero-order chi connectivity index (χ0) is 17.3. The van der Waals surface area contributed by atoms with Crippen LogP contribution in [0.3, 0.4) is 0 Å². The van der Waals surface area contributed by atoms with Gasteiger partial charge in [0.2, 0.25) is 0 Å². The van der Waals surface area contributed by atoms with Crippen LogP contribution in [0.4, 0.5) is 0 Å². The Balaban J connectivity index is 3.44. The van der Waals surface area contributed by atoms with Gasteiger partial charge in [-0.15, -0.1) is 0 Å². The zero-order valence-electron chi connectivity index (χ0n) is 15.5. The topological polar surface area (TPSA) is 35.5 Å². The average molecular weight is 340 g/mol. The SMILES string of the molecule is CCCCc1cc(C)cc(CCCC)c1P(=O)(OCC)OCC. The summed E-state index contributed by atoms with van der Waals surface area (Å²) in [7, 11) is -3.25. The number of benzene rings is 1. The van der Waals surface area contributed by atoms with E-state index in [1.807, 2.05) is 13.8 Å². The van der Waals surface area contributed by atoms with Crippen molar-refractivity contribution >= 4 is 12.9 Å². The van der Waals surface area contributed by atoms with Gasteiger partial charge in [0.15, 0.2) is 0 Å². The molecule has 1 aromatic carbocycles. The minimum Gasteiger partial charge on any atom is -0.305 e. The number of aryl methyl sites for hydroxylation is 3.